The molecule has 2 atom stereocenters. The highest BCUT2D eigenvalue weighted by Crippen LogP contribution is 2.28. The van der Waals surface area contributed by atoms with Crippen molar-refractivity contribution in [1.29, 1.82) is 0 Å². The lowest BCUT2D eigenvalue weighted by Gasteiger charge is -2.33. The minimum absolute atomic E-state index is 0.0153. The molecular weight excluding hydrogens is 577 g/mol. The molecule has 4 rings (SSSR count). The average molecular weight is 625 g/mol. The number of hydrogen-bond donors (Lipinski definition) is 2. The number of thioether (sulfide) groups is 2. The minimum Gasteiger partial charge on any atom is -0.351 e. The lowest BCUT2D eigenvalue weighted by Crippen LogP contribution is -2.57. The summed E-state index contributed by atoms with van der Waals surface area (Å²) in [6.45, 7) is 6.47. The zero-order chi connectivity index (χ0) is 29.2. The van der Waals surface area contributed by atoms with Gasteiger partial charge >= 0.3 is 0 Å². The number of nitrogens with zero attached hydrogens (tertiary/aromatic N) is 2. The zero-order valence-corrected chi connectivity index (χ0v) is 27.1. The van der Waals surface area contributed by atoms with Crippen LogP contribution in [0.25, 0.3) is 0 Å². The van der Waals surface area contributed by atoms with Crippen LogP contribution in [0.2, 0.25) is 0 Å². The van der Waals surface area contributed by atoms with E-state index in [4.69, 9.17) is 0 Å². The highest BCUT2D eigenvalue weighted by atomic mass is 32.2. The van der Waals surface area contributed by atoms with Gasteiger partial charge in [-0.25, -0.2) is 8.42 Å². The SMILES string of the molecule is CC(C)CS(=O)(=O)N1CSC[C@H]1C(=O)N[C@@H](CSCC1CCCCC1)C(=O)NC1CCN(Cc2ccccc2)CC1. The van der Waals surface area contributed by atoms with Gasteiger partial charge in [-0.2, -0.15) is 16.1 Å². The van der Waals surface area contributed by atoms with Crippen LogP contribution in [0.5, 0.6) is 0 Å². The molecule has 0 aromatic heterocycles. The van der Waals surface area contributed by atoms with Crippen molar-refractivity contribution in [2.45, 2.75) is 83.5 Å². The van der Waals surface area contributed by atoms with Crippen LogP contribution in [-0.4, -0.2) is 89.5 Å². The lowest BCUT2D eigenvalue weighted by atomic mass is 9.91. The van der Waals surface area contributed by atoms with E-state index in [1.54, 1.807) is 11.8 Å². The Morgan fingerprint density at radius 3 is 2.44 bits per heavy atom. The molecule has 1 saturated carbocycles. The summed E-state index contributed by atoms with van der Waals surface area (Å²) < 4.78 is 27.3. The first-order valence-electron chi connectivity index (χ1n) is 15.2. The summed E-state index contributed by atoms with van der Waals surface area (Å²) >= 11 is 3.19. The Hall–Kier alpha value is -1.27. The molecule has 1 aromatic rings. The van der Waals surface area contributed by atoms with Crippen LogP contribution in [0.15, 0.2) is 30.3 Å². The number of sulfonamides is 1. The van der Waals surface area contributed by atoms with Gasteiger partial charge in [0, 0.05) is 37.2 Å². The fourth-order valence-corrected chi connectivity index (χ4v) is 10.8. The quantitative estimate of drug-likeness (QED) is 0.343. The molecule has 11 heteroatoms. The van der Waals surface area contributed by atoms with E-state index in [1.165, 1.54) is 53.7 Å². The second-order valence-corrected chi connectivity index (χ2v) is 16.3. The molecule has 2 heterocycles. The van der Waals surface area contributed by atoms with E-state index in [1.807, 2.05) is 19.9 Å². The Labute approximate surface area is 255 Å². The standard InChI is InChI=1S/C30H48N4O4S3/c1-23(2)21-41(37,38)34-22-40-20-28(34)30(36)32-27(19-39-18-25-11-7-4-8-12-25)29(35)31-26-13-15-33(16-14-26)17-24-9-5-3-6-10-24/h3,5-6,9-10,23,25-28H,4,7-8,11-22H2,1-2H3,(H,31,35)(H,32,36)/t27-,28-/m0/s1. The largest absolute Gasteiger partial charge is 0.351 e. The maximum Gasteiger partial charge on any atom is 0.243 e. The molecule has 2 amide bonds. The van der Waals surface area contributed by atoms with Gasteiger partial charge in [-0.15, -0.1) is 11.8 Å². The number of carbonyl (C=O) groups is 2. The topological polar surface area (TPSA) is 98.8 Å². The van der Waals surface area contributed by atoms with Gasteiger partial charge in [-0.1, -0.05) is 63.4 Å². The normalized spacial score (nSPS) is 22.6. The van der Waals surface area contributed by atoms with E-state index in [0.29, 0.717) is 17.4 Å². The Morgan fingerprint density at radius 1 is 1.05 bits per heavy atom. The molecule has 3 aliphatic rings. The fraction of sp³-hybridized carbons (Fsp3) is 0.733. The van der Waals surface area contributed by atoms with Crippen molar-refractivity contribution < 1.29 is 18.0 Å². The number of nitrogens with one attached hydrogen (secondary N) is 2. The van der Waals surface area contributed by atoms with E-state index < -0.39 is 22.1 Å². The summed E-state index contributed by atoms with van der Waals surface area (Å²) in [5.41, 5.74) is 1.29. The van der Waals surface area contributed by atoms with Crippen molar-refractivity contribution in [1.82, 2.24) is 19.8 Å². The Bertz CT molecular complexity index is 1070. The predicted octanol–water partition coefficient (Wildman–Crippen LogP) is 3.93. The van der Waals surface area contributed by atoms with Gasteiger partial charge in [0.05, 0.1) is 11.6 Å². The Balaban J connectivity index is 1.34. The first kappa shape index (κ1) is 32.6. The molecular formula is C30H48N4O4S3. The number of amides is 2. The van der Waals surface area contributed by atoms with Gasteiger partial charge in [0.25, 0.3) is 0 Å². The van der Waals surface area contributed by atoms with E-state index in [-0.39, 0.29) is 35.4 Å². The Morgan fingerprint density at radius 2 is 1.76 bits per heavy atom. The molecule has 3 fully saturated rings. The predicted molar refractivity (Wildman–Crippen MR) is 170 cm³/mol. The number of likely N-dealkylation sites (tertiary alicyclic amines) is 1. The van der Waals surface area contributed by atoms with Crippen molar-refractivity contribution in [3.8, 4) is 0 Å². The van der Waals surface area contributed by atoms with Gasteiger partial charge < -0.3 is 10.6 Å². The molecule has 0 spiro atoms. The molecule has 0 unspecified atom stereocenters. The number of piperidine rings is 1. The third-order valence-corrected chi connectivity index (χ3v) is 12.9. The van der Waals surface area contributed by atoms with Crippen LogP contribution < -0.4 is 10.6 Å². The van der Waals surface area contributed by atoms with E-state index >= 15 is 0 Å². The van der Waals surface area contributed by atoms with Crippen LogP contribution in [-0.2, 0) is 26.2 Å². The van der Waals surface area contributed by atoms with Crippen molar-refractivity contribution in [2.24, 2.45) is 11.8 Å². The molecule has 1 aromatic carbocycles. The van der Waals surface area contributed by atoms with Crippen molar-refractivity contribution in [3.63, 3.8) is 0 Å². The van der Waals surface area contributed by atoms with Gasteiger partial charge in [0.2, 0.25) is 21.8 Å². The van der Waals surface area contributed by atoms with Crippen LogP contribution in [0.1, 0.15) is 64.4 Å². The smallest absolute Gasteiger partial charge is 0.243 e. The minimum atomic E-state index is -3.55. The van der Waals surface area contributed by atoms with Gasteiger partial charge in [0.1, 0.15) is 12.1 Å². The molecule has 2 aliphatic heterocycles. The second-order valence-electron chi connectivity index (χ2n) is 12.2. The summed E-state index contributed by atoms with van der Waals surface area (Å²) in [6.07, 6.45) is 8.06. The maximum atomic E-state index is 13.6. The van der Waals surface area contributed by atoms with Crippen molar-refractivity contribution >= 4 is 45.4 Å². The summed E-state index contributed by atoms with van der Waals surface area (Å²) in [7, 11) is -3.55. The van der Waals surface area contributed by atoms with Gasteiger partial charge in [0.15, 0.2) is 0 Å². The van der Waals surface area contributed by atoms with Crippen molar-refractivity contribution in [3.05, 3.63) is 35.9 Å². The van der Waals surface area contributed by atoms with Crippen LogP contribution in [0.4, 0.5) is 0 Å². The number of benzene rings is 1. The van der Waals surface area contributed by atoms with E-state index in [9.17, 15) is 18.0 Å². The molecule has 2 saturated heterocycles. The van der Waals surface area contributed by atoms with Crippen LogP contribution in [0.3, 0.4) is 0 Å². The Kier molecular flexibility index (Phi) is 12.7. The van der Waals surface area contributed by atoms with Crippen LogP contribution in [0, 0.1) is 11.8 Å². The average Bonchev–Trinajstić information content (AvgIpc) is 3.46. The molecule has 0 bridgehead atoms. The monoisotopic (exact) mass is 624 g/mol. The summed E-state index contributed by atoms with van der Waals surface area (Å²) in [5.74, 6) is 2.33. The van der Waals surface area contributed by atoms with Gasteiger partial charge in [-0.05, 0) is 48.8 Å². The highest BCUT2D eigenvalue weighted by molar-refractivity contribution is 8.00. The molecule has 230 valence electrons. The second kappa shape index (κ2) is 16.0. The molecule has 8 nitrogen and oxygen atoms in total. The zero-order valence-electron chi connectivity index (χ0n) is 24.6. The van der Waals surface area contributed by atoms with Crippen LogP contribution >= 0.6 is 23.5 Å². The molecule has 0 radical (unpaired) electrons. The molecule has 41 heavy (non-hydrogen) atoms. The van der Waals surface area contributed by atoms with Gasteiger partial charge in [-0.3, -0.25) is 14.5 Å². The summed E-state index contributed by atoms with van der Waals surface area (Å²) in [6, 6.07) is 9.05. The fourth-order valence-electron chi connectivity index (χ4n) is 5.96. The number of hydrogen-bond acceptors (Lipinski definition) is 7. The third-order valence-electron chi connectivity index (χ3n) is 8.22. The van der Waals surface area contributed by atoms with Crippen molar-refractivity contribution in [2.75, 3.05) is 42.0 Å². The first-order valence-corrected chi connectivity index (χ1v) is 19.1. The highest BCUT2D eigenvalue weighted by Gasteiger charge is 2.40. The molecule has 2 N–H and O–H groups in total. The summed E-state index contributed by atoms with van der Waals surface area (Å²) in [4.78, 5) is 29.4. The third kappa shape index (κ3) is 10.2. The number of carbonyl (C=O) groups excluding carboxylic acids is 2. The van der Waals surface area contributed by atoms with E-state index in [2.05, 4.69) is 39.8 Å². The first-order chi connectivity index (χ1) is 19.7. The van der Waals surface area contributed by atoms with E-state index in [0.717, 1.165) is 38.2 Å². The summed E-state index contributed by atoms with van der Waals surface area (Å²) in [5, 5.41) is 6.21. The lowest BCUT2D eigenvalue weighted by molar-refractivity contribution is -0.130. The number of rotatable bonds is 13. The maximum absolute atomic E-state index is 13.6. The molecule has 1 aliphatic carbocycles.